The molecule has 7 nitrogen and oxygen atoms in total. The maximum atomic E-state index is 12.6. The topological polar surface area (TPSA) is 74.2 Å². The van der Waals surface area contributed by atoms with Gasteiger partial charge in [-0.3, -0.25) is 4.79 Å². The molecule has 0 unspecified atom stereocenters. The number of aryl methyl sites for hydroxylation is 1. The first-order chi connectivity index (χ1) is 15.1. The Balaban J connectivity index is 1.41. The number of fused-ring (bicyclic) bond motifs is 1. The van der Waals surface area contributed by atoms with Crippen LogP contribution in [0.1, 0.15) is 32.3 Å². The fraction of sp³-hybridized carbons (Fsp3) is 0.455. The second kappa shape index (κ2) is 9.82. The van der Waals surface area contributed by atoms with Gasteiger partial charge in [-0.05, 0) is 57.4 Å². The van der Waals surface area contributed by atoms with Crippen molar-refractivity contribution in [3.63, 3.8) is 0 Å². The maximum absolute atomic E-state index is 12.6. The number of rotatable bonds is 8. The summed E-state index contributed by atoms with van der Waals surface area (Å²) in [6.45, 7) is 10.3. The highest BCUT2D eigenvalue weighted by Gasteiger charge is 2.19. The Kier molecular flexibility index (Phi) is 6.92. The second-order valence-electron chi connectivity index (χ2n) is 7.53. The lowest BCUT2D eigenvalue weighted by Gasteiger charge is -2.22. The van der Waals surface area contributed by atoms with Gasteiger partial charge >= 0.3 is 0 Å². The van der Waals surface area contributed by atoms with E-state index in [0.29, 0.717) is 11.4 Å². The number of hydrogen-bond acceptors (Lipinski definition) is 8. The van der Waals surface area contributed by atoms with Crippen molar-refractivity contribution in [2.45, 2.75) is 38.6 Å². The van der Waals surface area contributed by atoms with Gasteiger partial charge in [0.2, 0.25) is 5.91 Å². The molecule has 1 aromatic carbocycles. The average molecular weight is 457 g/mol. The van der Waals surface area contributed by atoms with Crippen LogP contribution in [0.2, 0.25) is 0 Å². The molecule has 0 atom stereocenters. The summed E-state index contributed by atoms with van der Waals surface area (Å²) in [5.74, 6) is 0.250. The quantitative estimate of drug-likeness (QED) is 0.393. The van der Waals surface area contributed by atoms with Gasteiger partial charge in [0.05, 0.1) is 5.75 Å². The first kappa shape index (κ1) is 21.8. The van der Waals surface area contributed by atoms with Gasteiger partial charge < -0.3 is 15.1 Å². The molecule has 31 heavy (non-hydrogen) atoms. The second-order valence-corrected chi connectivity index (χ2v) is 9.47. The van der Waals surface area contributed by atoms with Gasteiger partial charge in [-0.25, -0.2) is 9.97 Å². The highest BCUT2D eigenvalue weighted by Crippen LogP contribution is 2.35. The van der Waals surface area contributed by atoms with Gasteiger partial charge in [0.1, 0.15) is 16.1 Å². The predicted octanol–water partition coefficient (Wildman–Crippen LogP) is 4.57. The van der Waals surface area contributed by atoms with Crippen LogP contribution in [0, 0.1) is 6.92 Å². The Morgan fingerprint density at radius 3 is 2.71 bits per heavy atom. The SMILES string of the molecule is CCN(CC)c1ccc(NC(=O)CSc2ncnc3nc(N4CCCC4)sc23)c(C)c1. The standard InChI is InChI=1S/C22H28N6OS2/c1-4-27(5-2)16-8-9-17(15(3)12-16)25-18(29)13-30-21-19-20(23-14-24-21)26-22(31-19)28-10-6-7-11-28/h8-9,12,14H,4-7,10-11,13H2,1-3H3,(H,25,29). The Morgan fingerprint density at radius 1 is 1.23 bits per heavy atom. The fourth-order valence-corrected chi connectivity index (χ4v) is 5.70. The third-order valence-electron chi connectivity index (χ3n) is 5.48. The largest absolute Gasteiger partial charge is 0.372 e. The molecule has 9 heteroatoms. The zero-order valence-corrected chi connectivity index (χ0v) is 19.9. The van der Waals surface area contributed by atoms with Gasteiger partial charge in [0.15, 0.2) is 10.8 Å². The van der Waals surface area contributed by atoms with E-state index in [1.165, 1.54) is 36.6 Å². The molecule has 0 bridgehead atoms. The molecule has 4 rings (SSSR count). The Morgan fingerprint density at radius 2 is 2.00 bits per heavy atom. The van der Waals surface area contributed by atoms with E-state index in [4.69, 9.17) is 0 Å². The summed E-state index contributed by atoms with van der Waals surface area (Å²) in [6, 6.07) is 6.18. The van der Waals surface area contributed by atoms with Crippen LogP contribution in [0.25, 0.3) is 10.3 Å². The van der Waals surface area contributed by atoms with Crippen LogP contribution in [0.4, 0.5) is 16.5 Å². The summed E-state index contributed by atoms with van der Waals surface area (Å²) >= 11 is 3.06. The summed E-state index contributed by atoms with van der Waals surface area (Å²) in [6.07, 6.45) is 3.95. The number of aromatic nitrogens is 3. The first-order valence-corrected chi connectivity index (χ1v) is 12.5. The molecule has 3 aromatic rings. The van der Waals surface area contributed by atoms with Crippen LogP contribution >= 0.6 is 23.1 Å². The van der Waals surface area contributed by atoms with E-state index in [1.807, 2.05) is 13.0 Å². The van der Waals surface area contributed by atoms with Crippen LogP contribution in [-0.4, -0.2) is 52.8 Å². The summed E-state index contributed by atoms with van der Waals surface area (Å²) in [4.78, 5) is 30.6. The normalized spacial score (nSPS) is 13.7. The number of thioether (sulfide) groups is 1. The number of hydrogen-bond donors (Lipinski definition) is 1. The summed E-state index contributed by atoms with van der Waals surface area (Å²) in [7, 11) is 0. The van der Waals surface area contributed by atoms with Crippen molar-refractivity contribution < 1.29 is 4.79 Å². The Labute approximate surface area is 191 Å². The minimum absolute atomic E-state index is 0.0419. The zero-order chi connectivity index (χ0) is 21.8. The molecule has 164 valence electrons. The van der Waals surface area contributed by atoms with Gasteiger partial charge in [0, 0.05) is 37.6 Å². The van der Waals surface area contributed by atoms with E-state index in [-0.39, 0.29) is 5.91 Å². The monoisotopic (exact) mass is 456 g/mol. The number of nitrogens with one attached hydrogen (secondary N) is 1. The van der Waals surface area contributed by atoms with Gasteiger partial charge in [0.25, 0.3) is 0 Å². The minimum atomic E-state index is -0.0419. The lowest BCUT2D eigenvalue weighted by molar-refractivity contribution is -0.113. The number of nitrogens with zero attached hydrogens (tertiary/aromatic N) is 5. The number of carbonyl (C=O) groups is 1. The average Bonchev–Trinajstić information content (AvgIpc) is 3.45. The molecule has 3 heterocycles. The van der Waals surface area contributed by atoms with Gasteiger partial charge in [-0.2, -0.15) is 4.98 Å². The Hall–Kier alpha value is -2.39. The Bertz CT molecular complexity index is 1060. The maximum Gasteiger partial charge on any atom is 0.234 e. The van der Waals surface area contributed by atoms with Crippen molar-refractivity contribution >= 4 is 55.9 Å². The molecule has 2 aromatic heterocycles. The third kappa shape index (κ3) is 4.93. The van der Waals surface area contributed by atoms with E-state index < -0.39 is 0 Å². The predicted molar refractivity (Wildman–Crippen MR) is 131 cm³/mol. The molecule has 1 aliphatic rings. The number of carbonyl (C=O) groups excluding carboxylic acids is 1. The van der Waals surface area contributed by atoms with Crippen molar-refractivity contribution in [3.05, 3.63) is 30.1 Å². The van der Waals surface area contributed by atoms with E-state index in [1.54, 1.807) is 11.3 Å². The number of anilines is 3. The lowest BCUT2D eigenvalue weighted by atomic mass is 10.1. The van der Waals surface area contributed by atoms with Gasteiger partial charge in [-0.1, -0.05) is 23.1 Å². The van der Waals surface area contributed by atoms with Crippen LogP contribution in [0.3, 0.4) is 0 Å². The number of thiazole rings is 1. The molecule has 1 aliphatic heterocycles. The van der Waals surface area contributed by atoms with Gasteiger partial charge in [-0.15, -0.1) is 0 Å². The lowest BCUT2D eigenvalue weighted by Crippen LogP contribution is -2.22. The van der Waals surface area contributed by atoms with E-state index in [2.05, 4.69) is 56.0 Å². The highest BCUT2D eigenvalue weighted by atomic mass is 32.2. The van der Waals surface area contributed by atoms with Crippen molar-refractivity contribution in [1.82, 2.24) is 15.0 Å². The summed E-state index contributed by atoms with van der Waals surface area (Å²) < 4.78 is 0.960. The first-order valence-electron chi connectivity index (χ1n) is 10.7. The summed E-state index contributed by atoms with van der Waals surface area (Å²) in [5.41, 5.74) is 3.80. The van der Waals surface area contributed by atoms with Crippen molar-refractivity contribution in [3.8, 4) is 0 Å². The van der Waals surface area contributed by atoms with E-state index >= 15 is 0 Å². The number of benzene rings is 1. The van der Waals surface area contributed by atoms with Crippen LogP contribution in [0.15, 0.2) is 29.6 Å². The molecular formula is C22H28N6OS2. The fourth-order valence-electron chi connectivity index (χ4n) is 3.76. The summed E-state index contributed by atoms with van der Waals surface area (Å²) in [5, 5.41) is 4.86. The number of amides is 1. The van der Waals surface area contributed by atoms with E-state index in [0.717, 1.165) is 52.3 Å². The zero-order valence-electron chi connectivity index (χ0n) is 18.2. The molecule has 1 fully saturated rings. The molecule has 0 radical (unpaired) electrons. The minimum Gasteiger partial charge on any atom is -0.372 e. The van der Waals surface area contributed by atoms with E-state index in [9.17, 15) is 4.79 Å². The smallest absolute Gasteiger partial charge is 0.234 e. The molecular weight excluding hydrogens is 428 g/mol. The van der Waals surface area contributed by atoms with Crippen LogP contribution in [0.5, 0.6) is 0 Å². The molecule has 0 spiro atoms. The van der Waals surface area contributed by atoms with Crippen molar-refractivity contribution in [2.75, 3.05) is 47.0 Å². The molecule has 0 aliphatic carbocycles. The van der Waals surface area contributed by atoms with Crippen LogP contribution in [-0.2, 0) is 4.79 Å². The molecule has 1 saturated heterocycles. The van der Waals surface area contributed by atoms with Crippen LogP contribution < -0.4 is 15.1 Å². The molecule has 1 N–H and O–H groups in total. The third-order valence-corrected chi connectivity index (χ3v) is 7.71. The highest BCUT2D eigenvalue weighted by molar-refractivity contribution is 8.00. The van der Waals surface area contributed by atoms with Crippen molar-refractivity contribution in [2.24, 2.45) is 0 Å². The molecule has 0 saturated carbocycles. The molecule has 1 amide bonds. The van der Waals surface area contributed by atoms with Crippen molar-refractivity contribution in [1.29, 1.82) is 0 Å².